The fourth-order valence-corrected chi connectivity index (χ4v) is 12.5. The van der Waals surface area contributed by atoms with Gasteiger partial charge in [0.05, 0.1) is 16.7 Å². The third kappa shape index (κ3) is 7.97. The number of hydrogen-bond donors (Lipinski definition) is 0. The zero-order valence-electron chi connectivity index (χ0n) is 45.2. The van der Waals surface area contributed by atoms with Gasteiger partial charge in [-0.1, -0.05) is 224 Å². The molecule has 3 nitrogen and oxygen atoms in total. The van der Waals surface area contributed by atoms with E-state index in [1.807, 2.05) is 0 Å². The Balaban J connectivity index is 1.15. The van der Waals surface area contributed by atoms with E-state index >= 15 is 0 Å². The maximum Gasteiger partial charge on any atom is 0.252 e. The number of para-hydroxylation sites is 2. The van der Waals surface area contributed by atoms with Gasteiger partial charge in [0.2, 0.25) is 0 Å². The van der Waals surface area contributed by atoms with Crippen molar-refractivity contribution in [3.05, 3.63) is 266 Å². The number of nitrogens with zero attached hydrogens (tertiary/aromatic N) is 3. The van der Waals surface area contributed by atoms with Crippen molar-refractivity contribution < 1.29 is 0 Å². The van der Waals surface area contributed by atoms with Gasteiger partial charge in [-0.05, 0) is 156 Å². The Morgan fingerprint density at radius 1 is 0.282 bits per heavy atom. The second-order valence-corrected chi connectivity index (χ2v) is 23.4. The largest absolute Gasteiger partial charge is 0.311 e. The monoisotopic (exact) mass is 1000 g/mol. The molecule has 0 N–H and O–H groups in total. The summed E-state index contributed by atoms with van der Waals surface area (Å²) < 4.78 is 2.51. The van der Waals surface area contributed by atoms with Gasteiger partial charge in [-0.2, -0.15) is 0 Å². The molecule has 0 fully saturated rings. The Kier molecular flexibility index (Phi) is 11.1. The quantitative estimate of drug-likeness (QED) is 0.147. The minimum atomic E-state index is -0.110. The molecule has 14 rings (SSSR count). The number of aromatic nitrogens is 1. The topological polar surface area (TPSA) is 11.4 Å². The van der Waals surface area contributed by atoms with Crippen LogP contribution in [0.5, 0.6) is 0 Å². The Labute approximate surface area is 459 Å². The summed E-state index contributed by atoms with van der Waals surface area (Å²) in [7, 11) is 0. The van der Waals surface area contributed by atoms with Gasteiger partial charge in [0, 0.05) is 44.9 Å². The lowest BCUT2D eigenvalue weighted by atomic mass is 9.33. The van der Waals surface area contributed by atoms with Gasteiger partial charge in [0.1, 0.15) is 0 Å². The molecular formula is C74H60BN3. The van der Waals surface area contributed by atoms with E-state index in [-0.39, 0.29) is 17.5 Å². The molecule has 3 heterocycles. The summed E-state index contributed by atoms with van der Waals surface area (Å²) in [5.41, 5.74) is 26.0. The van der Waals surface area contributed by atoms with Crippen molar-refractivity contribution in [3.8, 4) is 50.2 Å². The molecule has 2 aliphatic rings. The smallest absolute Gasteiger partial charge is 0.252 e. The van der Waals surface area contributed by atoms with Crippen molar-refractivity contribution >= 4 is 79.0 Å². The van der Waals surface area contributed by atoms with Gasteiger partial charge in [-0.3, -0.25) is 0 Å². The average Bonchev–Trinajstić information content (AvgIpc) is 3.37. The lowest BCUT2D eigenvalue weighted by Gasteiger charge is -2.45. The molecule has 374 valence electrons. The van der Waals surface area contributed by atoms with E-state index < -0.39 is 0 Å². The van der Waals surface area contributed by atoms with E-state index in [1.165, 1.54) is 105 Å². The molecule has 1 aromatic heterocycles. The summed E-state index contributed by atoms with van der Waals surface area (Å²) in [5, 5.41) is 2.47. The Hall–Kier alpha value is -9.12. The highest BCUT2D eigenvalue weighted by molar-refractivity contribution is 7.00. The Morgan fingerprint density at radius 3 is 0.962 bits per heavy atom. The minimum absolute atomic E-state index is 0.0838. The highest BCUT2D eigenvalue weighted by Crippen LogP contribution is 2.50. The highest BCUT2D eigenvalue weighted by Gasteiger charge is 2.45. The minimum Gasteiger partial charge on any atom is -0.311 e. The van der Waals surface area contributed by atoms with Crippen LogP contribution in [-0.4, -0.2) is 11.3 Å². The molecule has 0 atom stereocenters. The number of hydrogen-bond acceptors (Lipinski definition) is 2. The van der Waals surface area contributed by atoms with E-state index in [4.69, 9.17) is 0 Å². The molecule has 0 unspecified atom stereocenters. The summed E-state index contributed by atoms with van der Waals surface area (Å²) in [6.45, 7) is 14.0. The molecule has 0 saturated heterocycles. The van der Waals surface area contributed by atoms with Crippen LogP contribution in [-0.2, 0) is 10.8 Å². The lowest BCUT2D eigenvalue weighted by molar-refractivity contribution is 0.590. The van der Waals surface area contributed by atoms with Crippen LogP contribution in [0.1, 0.15) is 52.7 Å². The second kappa shape index (κ2) is 18.3. The van der Waals surface area contributed by atoms with Gasteiger partial charge in [-0.25, -0.2) is 0 Å². The standard InChI is InChI=1S/C74H60BN3/c1-73(2,3)57-35-37-64-68(45-57)77(59-41-53(49-23-11-7-12-24-49)39-54(42-59)50-25-13-8-14-26-50)70-47-61(76-66-33-21-19-31-62(66)63-32-20-22-34-67(63)76)48-71-72(70)75(64)65-38-36-58(74(4,5)6)46-69(65)78(71)60-43-55(51-27-15-9-16-28-51)40-56(44-60)52-29-17-10-18-30-52/h7-48H,1-6H3. The van der Waals surface area contributed by atoms with Crippen molar-refractivity contribution in [1.29, 1.82) is 0 Å². The third-order valence-corrected chi connectivity index (χ3v) is 16.4. The molecule has 0 amide bonds. The van der Waals surface area contributed by atoms with Gasteiger partial charge in [0.15, 0.2) is 0 Å². The molecular weight excluding hydrogens is 942 g/mol. The van der Waals surface area contributed by atoms with Crippen LogP contribution in [0.2, 0.25) is 0 Å². The summed E-state index contributed by atoms with van der Waals surface area (Å²) in [4.78, 5) is 5.25. The highest BCUT2D eigenvalue weighted by atomic mass is 15.2. The predicted molar refractivity (Wildman–Crippen MR) is 334 cm³/mol. The van der Waals surface area contributed by atoms with Crippen molar-refractivity contribution in [1.82, 2.24) is 4.57 Å². The van der Waals surface area contributed by atoms with Crippen LogP contribution >= 0.6 is 0 Å². The van der Waals surface area contributed by atoms with Crippen molar-refractivity contribution in [3.63, 3.8) is 0 Å². The molecule has 0 spiro atoms. The SMILES string of the molecule is CC(C)(C)c1ccc2c(c1)N(c1cc(-c3ccccc3)cc(-c3ccccc3)c1)c1cc(-n3c4ccccc4c4ccccc43)cc3c1B2c1ccc(C(C)(C)C)cc1N3c1cc(-c2ccccc2)cc(-c2ccccc2)c1. The fraction of sp³-hybridized carbons (Fsp3) is 0.108. The summed E-state index contributed by atoms with van der Waals surface area (Å²) in [6, 6.07) is 95.6. The van der Waals surface area contributed by atoms with E-state index in [2.05, 4.69) is 311 Å². The maximum absolute atomic E-state index is 2.62. The number of anilines is 6. The van der Waals surface area contributed by atoms with Gasteiger partial charge in [0.25, 0.3) is 6.71 Å². The third-order valence-electron chi connectivity index (χ3n) is 16.4. The van der Waals surface area contributed by atoms with Crippen molar-refractivity contribution in [2.24, 2.45) is 0 Å². The molecule has 0 radical (unpaired) electrons. The van der Waals surface area contributed by atoms with Crippen LogP contribution < -0.4 is 26.2 Å². The Morgan fingerprint density at radius 2 is 0.615 bits per heavy atom. The number of rotatable bonds is 7. The number of fused-ring (bicyclic) bond motifs is 7. The summed E-state index contributed by atoms with van der Waals surface area (Å²) >= 11 is 0. The molecule has 78 heavy (non-hydrogen) atoms. The van der Waals surface area contributed by atoms with Crippen molar-refractivity contribution in [2.45, 2.75) is 52.4 Å². The molecule has 4 heteroatoms. The zero-order chi connectivity index (χ0) is 52.9. The van der Waals surface area contributed by atoms with Crippen LogP contribution in [0.3, 0.4) is 0 Å². The zero-order valence-corrected chi connectivity index (χ0v) is 45.2. The lowest BCUT2D eigenvalue weighted by Crippen LogP contribution is -2.61. The van der Waals surface area contributed by atoms with E-state index in [0.717, 1.165) is 28.4 Å². The average molecular weight is 1000 g/mol. The van der Waals surface area contributed by atoms with E-state index in [1.54, 1.807) is 0 Å². The molecule has 11 aromatic carbocycles. The van der Waals surface area contributed by atoms with Gasteiger partial charge in [-0.15, -0.1) is 0 Å². The summed E-state index contributed by atoms with van der Waals surface area (Å²) in [5.74, 6) is 0. The van der Waals surface area contributed by atoms with E-state index in [9.17, 15) is 0 Å². The molecule has 0 bridgehead atoms. The van der Waals surface area contributed by atoms with Gasteiger partial charge >= 0.3 is 0 Å². The van der Waals surface area contributed by atoms with Crippen LogP contribution in [0.15, 0.2) is 255 Å². The second-order valence-electron chi connectivity index (χ2n) is 23.4. The first-order valence-corrected chi connectivity index (χ1v) is 27.5. The first kappa shape index (κ1) is 47.3. The molecule has 0 saturated carbocycles. The normalized spacial score (nSPS) is 12.9. The predicted octanol–water partition coefficient (Wildman–Crippen LogP) is 18.1. The molecule has 12 aromatic rings. The first-order chi connectivity index (χ1) is 37.9. The molecule has 2 aliphatic heterocycles. The van der Waals surface area contributed by atoms with Gasteiger partial charge < -0.3 is 14.4 Å². The Bertz CT molecular complexity index is 3890. The van der Waals surface area contributed by atoms with Crippen LogP contribution in [0.4, 0.5) is 34.1 Å². The fourth-order valence-electron chi connectivity index (χ4n) is 12.5. The van der Waals surface area contributed by atoms with Crippen molar-refractivity contribution in [2.75, 3.05) is 9.80 Å². The first-order valence-electron chi connectivity index (χ1n) is 27.5. The van der Waals surface area contributed by atoms with Crippen LogP contribution in [0, 0.1) is 0 Å². The maximum atomic E-state index is 2.62. The summed E-state index contributed by atoms with van der Waals surface area (Å²) in [6.07, 6.45) is 0. The van der Waals surface area contributed by atoms with Crippen LogP contribution in [0.25, 0.3) is 72.0 Å². The number of benzene rings is 11. The molecule has 0 aliphatic carbocycles. The van der Waals surface area contributed by atoms with E-state index in [0.29, 0.717) is 0 Å².